The molecule has 0 unspecified atom stereocenters. The fourth-order valence-corrected chi connectivity index (χ4v) is 1.25. The van der Waals surface area contributed by atoms with E-state index in [1.807, 2.05) is 6.92 Å². The number of ether oxygens (including phenoxy) is 1. The first-order valence-corrected chi connectivity index (χ1v) is 5.28. The Morgan fingerprint density at radius 2 is 1.83 bits per heavy atom. The maximum absolute atomic E-state index is 12.0. The van der Waals surface area contributed by atoms with Crippen LogP contribution in [-0.2, 0) is 4.79 Å². The number of nitrogens with zero attached hydrogens (tertiary/aromatic N) is 1. The van der Waals surface area contributed by atoms with Crippen molar-refractivity contribution in [3.63, 3.8) is 0 Å². The van der Waals surface area contributed by atoms with Crippen molar-refractivity contribution in [2.24, 2.45) is 0 Å². The first-order valence-electron chi connectivity index (χ1n) is 5.28. The molecule has 1 rings (SSSR count). The summed E-state index contributed by atoms with van der Waals surface area (Å²) in [6, 6.07) is 6.90. The van der Waals surface area contributed by atoms with E-state index < -0.39 is 25.2 Å². The third-order valence-electron chi connectivity index (χ3n) is 2.23. The summed E-state index contributed by atoms with van der Waals surface area (Å²) in [6.07, 6.45) is -4.39. The number of hydrogen-bond donors (Lipinski definition) is 0. The van der Waals surface area contributed by atoms with E-state index in [4.69, 9.17) is 4.74 Å². The molecule has 0 aromatic heterocycles. The van der Waals surface area contributed by atoms with Gasteiger partial charge < -0.3 is 9.64 Å². The van der Waals surface area contributed by atoms with Crippen molar-refractivity contribution in [3.8, 4) is 5.75 Å². The van der Waals surface area contributed by atoms with E-state index in [-0.39, 0.29) is 0 Å². The van der Waals surface area contributed by atoms with Gasteiger partial charge in [0.25, 0.3) is 5.91 Å². The van der Waals surface area contributed by atoms with E-state index in [2.05, 4.69) is 0 Å². The van der Waals surface area contributed by atoms with Crippen molar-refractivity contribution in [3.05, 3.63) is 29.8 Å². The van der Waals surface area contributed by atoms with E-state index in [0.29, 0.717) is 10.6 Å². The Labute approximate surface area is 103 Å². The van der Waals surface area contributed by atoms with Crippen LogP contribution in [0, 0.1) is 6.92 Å². The quantitative estimate of drug-likeness (QED) is 0.833. The van der Waals surface area contributed by atoms with Crippen LogP contribution in [-0.4, -0.2) is 37.2 Å². The molecular weight excluding hydrogens is 247 g/mol. The Hall–Kier alpha value is -1.72. The number of amides is 1. The normalized spacial score (nSPS) is 11.2. The predicted molar refractivity (Wildman–Crippen MR) is 60.4 cm³/mol. The highest BCUT2D eigenvalue weighted by Crippen LogP contribution is 2.16. The van der Waals surface area contributed by atoms with Gasteiger partial charge in [-0.2, -0.15) is 13.2 Å². The molecule has 1 aromatic carbocycles. The lowest BCUT2D eigenvalue weighted by Gasteiger charge is -2.19. The summed E-state index contributed by atoms with van der Waals surface area (Å²) >= 11 is 0. The molecule has 0 radical (unpaired) electrons. The molecule has 0 saturated carbocycles. The van der Waals surface area contributed by atoms with E-state index in [0.717, 1.165) is 12.6 Å². The van der Waals surface area contributed by atoms with Crippen LogP contribution >= 0.6 is 0 Å². The van der Waals surface area contributed by atoms with Crippen LogP contribution in [0.25, 0.3) is 0 Å². The summed E-state index contributed by atoms with van der Waals surface area (Å²) < 4.78 is 41.2. The van der Waals surface area contributed by atoms with E-state index >= 15 is 0 Å². The first-order chi connectivity index (χ1) is 8.28. The van der Waals surface area contributed by atoms with Crippen molar-refractivity contribution >= 4 is 5.91 Å². The number of benzene rings is 1. The number of carbonyl (C=O) groups excluding carboxylic acids is 1. The monoisotopic (exact) mass is 261 g/mol. The van der Waals surface area contributed by atoms with Crippen molar-refractivity contribution in [1.82, 2.24) is 4.90 Å². The summed E-state index contributed by atoms with van der Waals surface area (Å²) in [5.74, 6) is -0.262. The van der Waals surface area contributed by atoms with Crippen LogP contribution in [0.1, 0.15) is 5.56 Å². The Balaban J connectivity index is 2.43. The number of alkyl halides is 3. The SMILES string of the molecule is Cc1ccc(OCC(=O)N(C)CC(F)(F)F)cc1. The highest BCUT2D eigenvalue weighted by molar-refractivity contribution is 5.77. The average molecular weight is 261 g/mol. The van der Waals surface area contributed by atoms with Crippen LogP contribution in [0.4, 0.5) is 13.2 Å². The van der Waals surface area contributed by atoms with Gasteiger partial charge in [-0.05, 0) is 19.1 Å². The lowest BCUT2D eigenvalue weighted by atomic mass is 10.2. The van der Waals surface area contributed by atoms with Gasteiger partial charge in [0, 0.05) is 7.05 Å². The van der Waals surface area contributed by atoms with Gasteiger partial charge in [-0.25, -0.2) is 0 Å². The molecule has 1 amide bonds. The van der Waals surface area contributed by atoms with Crippen LogP contribution in [0.5, 0.6) is 5.75 Å². The second-order valence-electron chi connectivity index (χ2n) is 3.97. The lowest BCUT2D eigenvalue weighted by Crippen LogP contribution is -2.38. The molecule has 6 heteroatoms. The van der Waals surface area contributed by atoms with Crippen molar-refractivity contribution in [1.29, 1.82) is 0 Å². The Bertz CT molecular complexity index is 401. The van der Waals surface area contributed by atoms with Crippen molar-refractivity contribution in [2.45, 2.75) is 13.1 Å². The third-order valence-corrected chi connectivity index (χ3v) is 2.23. The summed E-state index contributed by atoms with van der Waals surface area (Å²) in [4.78, 5) is 12.0. The Morgan fingerprint density at radius 1 is 1.28 bits per heavy atom. The van der Waals surface area contributed by atoms with Crippen molar-refractivity contribution < 1.29 is 22.7 Å². The summed E-state index contributed by atoms with van der Waals surface area (Å²) in [5, 5.41) is 0. The maximum atomic E-state index is 12.0. The maximum Gasteiger partial charge on any atom is 0.406 e. The minimum Gasteiger partial charge on any atom is -0.484 e. The standard InChI is InChI=1S/C12H14F3NO2/c1-9-3-5-10(6-4-9)18-7-11(17)16(2)8-12(13,14)15/h3-6H,7-8H2,1-2H3. The molecule has 0 fully saturated rings. The van der Waals surface area contributed by atoms with Crippen LogP contribution < -0.4 is 4.74 Å². The smallest absolute Gasteiger partial charge is 0.406 e. The molecule has 0 aliphatic carbocycles. The molecule has 100 valence electrons. The van der Waals surface area contributed by atoms with Gasteiger partial charge in [0.2, 0.25) is 0 Å². The Kier molecular flexibility index (Phi) is 4.58. The van der Waals surface area contributed by atoms with Gasteiger partial charge in [0.15, 0.2) is 6.61 Å². The topological polar surface area (TPSA) is 29.5 Å². The fourth-order valence-electron chi connectivity index (χ4n) is 1.25. The number of carbonyl (C=O) groups is 1. The molecule has 0 heterocycles. The molecule has 0 saturated heterocycles. The minimum absolute atomic E-state index is 0.407. The zero-order valence-electron chi connectivity index (χ0n) is 10.1. The molecule has 18 heavy (non-hydrogen) atoms. The number of aryl methyl sites for hydroxylation is 1. The zero-order chi connectivity index (χ0) is 13.8. The molecule has 3 nitrogen and oxygen atoms in total. The Morgan fingerprint density at radius 3 is 2.33 bits per heavy atom. The molecule has 0 spiro atoms. The molecular formula is C12H14F3NO2. The fraction of sp³-hybridized carbons (Fsp3) is 0.417. The van der Waals surface area contributed by atoms with E-state index in [1.165, 1.54) is 0 Å². The van der Waals surface area contributed by atoms with Crippen LogP contribution in [0.2, 0.25) is 0 Å². The summed E-state index contributed by atoms with van der Waals surface area (Å²) in [6.45, 7) is 0.213. The van der Waals surface area contributed by atoms with Gasteiger partial charge in [0.05, 0.1) is 0 Å². The van der Waals surface area contributed by atoms with Crippen molar-refractivity contribution in [2.75, 3.05) is 20.2 Å². The molecule has 1 aromatic rings. The number of likely N-dealkylation sites (N-methyl/N-ethyl adjacent to an activating group) is 1. The third kappa shape index (κ3) is 5.07. The molecule has 0 atom stereocenters. The first kappa shape index (κ1) is 14.3. The number of hydrogen-bond acceptors (Lipinski definition) is 2. The van der Waals surface area contributed by atoms with E-state index in [9.17, 15) is 18.0 Å². The van der Waals surface area contributed by atoms with E-state index in [1.54, 1.807) is 24.3 Å². The van der Waals surface area contributed by atoms with Gasteiger partial charge in [-0.3, -0.25) is 4.79 Å². The largest absolute Gasteiger partial charge is 0.484 e. The zero-order valence-corrected chi connectivity index (χ0v) is 10.1. The molecule has 0 N–H and O–H groups in total. The number of rotatable bonds is 4. The lowest BCUT2D eigenvalue weighted by molar-refractivity contribution is -0.159. The summed E-state index contributed by atoms with van der Waals surface area (Å²) in [7, 11) is 1.09. The molecule has 0 aliphatic rings. The van der Waals surface area contributed by atoms with Crippen LogP contribution in [0.3, 0.4) is 0 Å². The molecule has 0 aliphatic heterocycles. The highest BCUT2D eigenvalue weighted by Gasteiger charge is 2.31. The second kappa shape index (κ2) is 5.75. The average Bonchev–Trinajstić information content (AvgIpc) is 2.25. The van der Waals surface area contributed by atoms with Gasteiger partial charge >= 0.3 is 6.18 Å². The second-order valence-corrected chi connectivity index (χ2v) is 3.97. The predicted octanol–water partition coefficient (Wildman–Crippen LogP) is 2.39. The van der Waals surface area contributed by atoms with Gasteiger partial charge in [-0.1, -0.05) is 17.7 Å². The summed E-state index contributed by atoms with van der Waals surface area (Å²) in [5.41, 5.74) is 1.03. The van der Waals surface area contributed by atoms with Crippen LogP contribution in [0.15, 0.2) is 24.3 Å². The number of halogens is 3. The van der Waals surface area contributed by atoms with Gasteiger partial charge in [0.1, 0.15) is 12.3 Å². The highest BCUT2D eigenvalue weighted by atomic mass is 19.4. The van der Waals surface area contributed by atoms with Gasteiger partial charge in [-0.15, -0.1) is 0 Å². The minimum atomic E-state index is -4.39. The molecule has 0 bridgehead atoms.